The number of aromatic nitrogens is 3. The van der Waals surface area contributed by atoms with Crippen molar-refractivity contribution in [3.05, 3.63) is 46.5 Å². The highest BCUT2D eigenvalue weighted by molar-refractivity contribution is 6.31. The normalized spacial score (nSPS) is 12.7. The molecular weight excluding hydrogens is 250 g/mol. The molecule has 0 bridgehead atoms. The third kappa shape index (κ3) is 2.69. The van der Waals surface area contributed by atoms with Crippen molar-refractivity contribution in [2.24, 2.45) is 12.9 Å². The van der Waals surface area contributed by atoms with Gasteiger partial charge in [0.05, 0.1) is 16.8 Å². The summed E-state index contributed by atoms with van der Waals surface area (Å²) in [6.07, 6.45) is 4.05. The highest BCUT2D eigenvalue weighted by atomic mass is 35.5. The summed E-state index contributed by atoms with van der Waals surface area (Å²) in [6, 6.07) is 3.85. The molecular formula is C12H16ClN5. The number of pyridine rings is 1. The number of hydrazine groups is 1. The largest absolute Gasteiger partial charge is 0.272 e. The smallest absolute Gasteiger partial charge is 0.0637 e. The maximum atomic E-state index is 6.13. The summed E-state index contributed by atoms with van der Waals surface area (Å²) in [5, 5.41) is 4.93. The van der Waals surface area contributed by atoms with Gasteiger partial charge in [0.25, 0.3) is 0 Å². The molecule has 0 radical (unpaired) electrons. The average molecular weight is 266 g/mol. The van der Waals surface area contributed by atoms with Gasteiger partial charge < -0.3 is 0 Å². The molecule has 0 saturated carbocycles. The van der Waals surface area contributed by atoms with Crippen molar-refractivity contribution in [1.29, 1.82) is 0 Å². The number of nitrogens with one attached hydrogen (secondary N) is 1. The first-order chi connectivity index (χ1) is 8.61. The van der Waals surface area contributed by atoms with Crippen LogP contribution in [0.1, 0.15) is 23.0 Å². The van der Waals surface area contributed by atoms with E-state index in [1.165, 1.54) is 0 Å². The molecule has 0 aliphatic carbocycles. The first-order valence-corrected chi connectivity index (χ1v) is 6.04. The van der Waals surface area contributed by atoms with E-state index in [2.05, 4.69) is 15.5 Å². The van der Waals surface area contributed by atoms with Crippen molar-refractivity contribution in [3.8, 4) is 0 Å². The lowest BCUT2D eigenvalue weighted by Gasteiger charge is -2.17. The van der Waals surface area contributed by atoms with Crippen LogP contribution in [0.25, 0.3) is 0 Å². The zero-order chi connectivity index (χ0) is 13.1. The fourth-order valence-corrected chi connectivity index (χ4v) is 2.24. The van der Waals surface area contributed by atoms with Crippen LogP contribution in [0.2, 0.25) is 5.02 Å². The third-order valence-electron chi connectivity index (χ3n) is 2.89. The minimum Gasteiger partial charge on any atom is -0.272 e. The van der Waals surface area contributed by atoms with Gasteiger partial charge in [-0.3, -0.25) is 20.9 Å². The molecule has 18 heavy (non-hydrogen) atoms. The maximum Gasteiger partial charge on any atom is 0.0637 e. The number of hydrogen-bond donors (Lipinski definition) is 2. The Morgan fingerprint density at radius 3 is 2.89 bits per heavy atom. The number of rotatable bonds is 4. The van der Waals surface area contributed by atoms with Crippen LogP contribution in [0.4, 0.5) is 0 Å². The molecule has 2 aromatic rings. The molecule has 1 unspecified atom stereocenters. The van der Waals surface area contributed by atoms with E-state index in [9.17, 15) is 0 Å². The van der Waals surface area contributed by atoms with Crippen LogP contribution >= 0.6 is 11.6 Å². The molecule has 0 aliphatic rings. The summed E-state index contributed by atoms with van der Waals surface area (Å²) in [5.41, 5.74) is 5.82. The third-order valence-corrected chi connectivity index (χ3v) is 3.21. The minimum atomic E-state index is -0.0599. The van der Waals surface area contributed by atoms with Crippen LogP contribution in [0, 0.1) is 6.92 Å². The van der Waals surface area contributed by atoms with Crippen molar-refractivity contribution >= 4 is 11.6 Å². The minimum absolute atomic E-state index is 0.0599. The van der Waals surface area contributed by atoms with E-state index in [0.29, 0.717) is 5.02 Å². The fraction of sp³-hybridized carbons (Fsp3) is 0.333. The van der Waals surface area contributed by atoms with Crippen molar-refractivity contribution in [3.63, 3.8) is 0 Å². The van der Waals surface area contributed by atoms with E-state index in [1.54, 1.807) is 12.4 Å². The Balaban J connectivity index is 2.25. The lowest BCUT2D eigenvalue weighted by molar-refractivity contribution is 0.529. The van der Waals surface area contributed by atoms with Gasteiger partial charge in [0.1, 0.15) is 0 Å². The van der Waals surface area contributed by atoms with Gasteiger partial charge in [0.15, 0.2) is 0 Å². The zero-order valence-corrected chi connectivity index (χ0v) is 11.1. The monoisotopic (exact) mass is 265 g/mol. The number of nitrogens with zero attached hydrogens (tertiary/aromatic N) is 3. The predicted molar refractivity (Wildman–Crippen MR) is 71.0 cm³/mol. The number of hydrogen-bond acceptors (Lipinski definition) is 4. The molecule has 6 heteroatoms. The molecule has 2 rings (SSSR count). The molecule has 0 amide bonds. The SMILES string of the molecule is Cc1cc(CC(NN)c2ccncc2Cl)n(C)n1. The van der Waals surface area contributed by atoms with Crippen LogP contribution in [-0.4, -0.2) is 14.8 Å². The highest BCUT2D eigenvalue weighted by Crippen LogP contribution is 2.24. The molecule has 0 saturated heterocycles. The Bertz CT molecular complexity index is 537. The van der Waals surface area contributed by atoms with Gasteiger partial charge >= 0.3 is 0 Å². The molecule has 0 spiro atoms. The molecule has 1 atom stereocenters. The summed E-state index contributed by atoms with van der Waals surface area (Å²) in [4.78, 5) is 3.97. The number of aryl methyl sites for hydroxylation is 2. The second-order valence-corrected chi connectivity index (χ2v) is 4.63. The summed E-state index contributed by atoms with van der Waals surface area (Å²) >= 11 is 6.13. The van der Waals surface area contributed by atoms with Gasteiger partial charge in [-0.15, -0.1) is 0 Å². The summed E-state index contributed by atoms with van der Waals surface area (Å²) in [5.74, 6) is 5.62. The van der Waals surface area contributed by atoms with Crippen molar-refractivity contribution in [2.45, 2.75) is 19.4 Å². The molecule has 0 aliphatic heterocycles. The average Bonchev–Trinajstić information content (AvgIpc) is 2.66. The summed E-state index contributed by atoms with van der Waals surface area (Å²) < 4.78 is 1.86. The lowest BCUT2D eigenvalue weighted by Crippen LogP contribution is -2.30. The van der Waals surface area contributed by atoms with Crippen molar-refractivity contribution < 1.29 is 0 Å². The first kappa shape index (κ1) is 13.0. The van der Waals surface area contributed by atoms with Crippen LogP contribution in [0.5, 0.6) is 0 Å². The van der Waals surface area contributed by atoms with Crippen molar-refractivity contribution in [2.75, 3.05) is 0 Å². The van der Waals surface area contributed by atoms with Crippen molar-refractivity contribution in [1.82, 2.24) is 20.2 Å². The quantitative estimate of drug-likeness (QED) is 0.650. The first-order valence-electron chi connectivity index (χ1n) is 5.67. The van der Waals surface area contributed by atoms with E-state index in [4.69, 9.17) is 17.4 Å². The molecule has 2 aromatic heterocycles. The van der Waals surface area contributed by atoms with Gasteiger partial charge in [-0.05, 0) is 24.6 Å². The second-order valence-electron chi connectivity index (χ2n) is 4.22. The molecule has 0 aromatic carbocycles. The lowest BCUT2D eigenvalue weighted by atomic mass is 10.0. The fourth-order valence-electron chi connectivity index (χ4n) is 1.99. The van der Waals surface area contributed by atoms with Crippen LogP contribution in [-0.2, 0) is 13.5 Å². The van der Waals surface area contributed by atoms with E-state index in [-0.39, 0.29) is 6.04 Å². The van der Waals surface area contributed by atoms with E-state index < -0.39 is 0 Å². The Morgan fingerprint density at radius 1 is 1.56 bits per heavy atom. The molecule has 5 nitrogen and oxygen atoms in total. The number of nitrogens with two attached hydrogens (primary N) is 1. The second kappa shape index (κ2) is 5.48. The standard InChI is InChI=1S/C12H16ClN5/c1-8-5-9(18(2)17-8)6-12(16-14)10-3-4-15-7-11(10)13/h3-5,7,12,16H,6,14H2,1-2H3. The molecule has 0 fully saturated rings. The van der Waals surface area contributed by atoms with E-state index in [0.717, 1.165) is 23.4 Å². The number of halogens is 1. The Hall–Kier alpha value is -1.43. The van der Waals surface area contributed by atoms with Crippen LogP contribution in [0.3, 0.4) is 0 Å². The topological polar surface area (TPSA) is 68.8 Å². The molecule has 96 valence electrons. The Morgan fingerprint density at radius 2 is 2.33 bits per heavy atom. The highest BCUT2D eigenvalue weighted by Gasteiger charge is 2.16. The van der Waals surface area contributed by atoms with Gasteiger partial charge in [-0.25, -0.2) is 0 Å². The van der Waals surface area contributed by atoms with Crippen LogP contribution < -0.4 is 11.3 Å². The maximum absolute atomic E-state index is 6.13. The van der Waals surface area contributed by atoms with Crippen LogP contribution in [0.15, 0.2) is 24.5 Å². The molecule has 3 N–H and O–H groups in total. The van der Waals surface area contributed by atoms with Gasteiger partial charge in [-0.1, -0.05) is 11.6 Å². The van der Waals surface area contributed by atoms with E-state index in [1.807, 2.05) is 30.8 Å². The summed E-state index contributed by atoms with van der Waals surface area (Å²) in [7, 11) is 1.92. The Labute approximate surface area is 111 Å². The Kier molecular flexibility index (Phi) is 3.96. The molecule has 2 heterocycles. The van der Waals surface area contributed by atoms with E-state index >= 15 is 0 Å². The summed E-state index contributed by atoms with van der Waals surface area (Å²) in [6.45, 7) is 1.97. The van der Waals surface area contributed by atoms with Gasteiger partial charge in [-0.2, -0.15) is 5.10 Å². The zero-order valence-electron chi connectivity index (χ0n) is 10.4. The predicted octanol–water partition coefficient (Wildman–Crippen LogP) is 1.52. The van der Waals surface area contributed by atoms with Gasteiger partial charge in [0, 0.05) is 31.6 Å². The van der Waals surface area contributed by atoms with Gasteiger partial charge in [0.2, 0.25) is 0 Å².